The van der Waals surface area contributed by atoms with E-state index in [1.165, 1.54) is 55.3 Å². The van der Waals surface area contributed by atoms with Crippen molar-refractivity contribution in [3.05, 3.63) is 192 Å². The Kier molecular flexibility index (Phi) is 5.75. The summed E-state index contributed by atoms with van der Waals surface area (Å²) in [4.78, 5) is 0. The molecule has 1 aliphatic carbocycles. The minimum atomic E-state index is -0.457. The van der Waals surface area contributed by atoms with Gasteiger partial charge in [0.15, 0.2) is 0 Å². The van der Waals surface area contributed by atoms with Gasteiger partial charge in [0.2, 0.25) is 0 Å². The van der Waals surface area contributed by atoms with Gasteiger partial charge in [-0.05, 0) is 67.9 Å². The fourth-order valence-corrected chi connectivity index (χ4v) is 6.97. The third-order valence-corrected chi connectivity index (χ3v) is 8.74. The Balaban J connectivity index is 1.38. The van der Waals surface area contributed by atoms with Crippen molar-refractivity contribution < 1.29 is 0 Å². The summed E-state index contributed by atoms with van der Waals surface area (Å²) in [7, 11) is 0. The molecule has 7 aromatic rings. The van der Waals surface area contributed by atoms with Gasteiger partial charge in [0.1, 0.15) is 0 Å². The zero-order chi connectivity index (χ0) is 27.9. The average molecular weight is 536 g/mol. The minimum absolute atomic E-state index is 0.457. The van der Waals surface area contributed by atoms with Crippen LogP contribution in [0, 0.1) is 0 Å². The summed E-state index contributed by atoms with van der Waals surface area (Å²) >= 11 is 0. The average Bonchev–Trinajstić information content (AvgIpc) is 3.36. The van der Waals surface area contributed by atoms with E-state index in [1.807, 2.05) is 0 Å². The Labute approximate surface area is 246 Å². The molecular formula is C41H29N. The number of anilines is 2. The molecule has 0 fully saturated rings. The first-order chi connectivity index (χ1) is 20.8. The third kappa shape index (κ3) is 3.71. The number of rotatable bonds is 5. The normalized spacial score (nSPS) is 13.0. The molecule has 0 radical (unpaired) electrons. The van der Waals surface area contributed by atoms with E-state index in [1.54, 1.807) is 0 Å². The van der Waals surface area contributed by atoms with Crippen LogP contribution in [0.4, 0.5) is 11.4 Å². The second-order valence-corrected chi connectivity index (χ2v) is 11.0. The Morgan fingerprint density at radius 2 is 0.833 bits per heavy atom. The maximum absolute atomic E-state index is 3.77. The molecule has 0 saturated heterocycles. The van der Waals surface area contributed by atoms with Crippen LogP contribution in [-0.2, 0) is 5.41 Å². The predicted octanol–water partition coefficient (Wildman–Crippen LogP) is 10.6. The second-order valence-electron chi connectivity index (χ2n) is 11.0. The molecule has 0 bridgehead atoms. The van der Waals surface area contributed by atoms with Gasteiger partial charge in [0.25, 0.3) is 0 Å². The molecule has 1 heteroatoms. The maximum atomic E-state index is 3.77. The van der Waals surface area contributed by atoms with Gasteiger partial charge in [-0.25, -0.2) is 0 Å². The summed E-state index contributed by atoms with van der Waals surface area (Å²) in [5.74, 6) is 0. The quantitative estimate of drug-likeness (QED) is 0.231. The summed E-state index contributed by atoms with van der Waals surface area (Å²) in [5, 5.41) is 6.24. The molecule has 0 spiro atoms. The summed E-state index contributed by atoms with van der Waals surface area (Å²) in [6.45, 7) is 0. The molecule has 8 rings (SSSR count). The summed E-state index contributed by atoms with van der Waals surface area (Å²) in [5.41, 5.74) is 11.9. The highest BCUT2D eigenvalue weighted by Gasteiger charge is 2.47. The van der Waals surface area contributed by atoms with Gasteiger partial charge in [-0.2, -0.15) is 0 Å². The topological polar surface area (TPSA) is 12.0 Å². The molecule has 0 aliphatic heterocycles. The molecule has 1 nitrogen and oxygen atoms in total. The standard InChI is InChI=1S/C41H29N/c1-2-16-31(17-3-1)41(37-22-10-6-18-33(37)34-19-7-11-23-38(34)41)39-24-12-8-20-35(39)36-21-9-13-25-40(36)42-32-27-26-29-14-4-5-15-30(29)28-32/h1-28,42H. The van der Waals surface area contributed by atoms with Gasteiger partial charge in [0, 0.05) is 16.9 Å². The lowest BCUT2D eigenvalue weighted by atomic mass is 9.66. The smallest absolute Gasteiger partial charge is 0.0719 e. The zero-order valence-corrected chi connectivity index (χ0v) is 23.2. The van der Waals surface area contributed by atoms with Gasteiger partial charge < -0.3 is 5.32 Å². The predicted molar refractivity (Wildman–Crippen MR) is 176 cm³/mol. The molecule has 198 valence electrons. The minimum Gasteiger partial charge on any atom is -0.355 e. The van der Waals surface area contributed by atoms with Crippen molar-refractivity contribution in [2.75, 3.05) is 5.32 Å². The monoisotopic (exact) mass is 535 g/mol. The zero-order valence-electron chi connectivity index (χ0n) is 23.2. The van der Waals surface area contributed by atoms with Crippen LogP contribution in [0.1, 0.15) is 22.3 Å². The number of hydrogen-bond acceptors (Lipinski definition) is 1. The summed E-state index contributed by atoms with van der Waals surface area (Å²) in [6, 6.07) is 61.6. The van der Waals surface area contributed by atoms with E-state index in [2.05, 4.69) is 175 Å². The van der Waals surface area contributed by atoms with Crippen molar-refractivity contribution in [3.8, 4) is 22.3 Å². The Morgan fingerprint density at radius 1 is 0.357 bits per heavy atom. The van der Waals surface area contributed by atoms with E-state index in [-0.39, 0.29) is 0 Å². The van der Waals surface area contributed by atoms with Crippen molar-refractivity contribution in [2.24, 2.45) is 0 Å². The molecule has 0 unspecified atom stereocenters. The highest BCUT2D eigenvalue weighted by atomic mass is 14.9. The number of benzene rings is 7. The van der Waals surface area contributed by atoms with E-state index in [4.69, 9.17) is 0 Å². The first-order valence-electron chi connectivity index (χ1n) is 14.5. The van der Waals surface area contributed by atoms with Gasteiger partial charge in [0.05, 0.1) is 5.41 Å². The fourth-order valence-electron chi connectivity index (χ4n) is 6.97. The van der Waals surface area contributed by atoms with Gasteiger partial charge in [-0.15, -0.1) is 0 Å². The molecular weight excluding hydrogens is 506 g/mol. The lowest BCUT2D eigenvalue weighted by Gasteiger charge is -2.35. The molecule has 0 amide bonds. The first kappa shape index (κ1) is 24.4. The van der Waals surface area contributed by atoms with Crippen LogP contribution in [0.2, 0.25) is 0 Å². The lowest BCUT2D eigenvalue weighted by molar-refractivity contribution is 0.770. The third-order valence-electron chi connectivity index (χ3n) is 8.74. The number of nitrogens with one attached hydrogen (secondary N) is 1. The van der Waals surface area contributed by atoms with Crippen LogP contribution in [0.3, 0.4) is 0 Å². The number of fused-ring (bicyclic) bond motifs is 4. The van der Waals surface area contributed by atoms with Crippen LogP contribution in [0.15, 0.2) is 170 Å². The largest absolute Gasteiger partial charge is 0.355 e. The Bertz CT molecular complexity index is 2030. The van der Waals surface area contributed by atoms with Crippen molar-refractivity contribution >= 4 is 22.1 Å². The molecule has 1 aliphatic rings. The number of para-hydroxylation sites is 1. The maximum Gasteiger partial charge on any atom is 0.0719 e. The highest BCUT2D eigenvalue weighted by molar-refractivity contribution is 5.92. The fraction of sp³-hybridized carbons (Fsp3) is 0.0244. The van der Waals surface area contributed by atoms with Crippen LogP contribution < -0.4 is 5.32 Å². The molecule has 1 N–H and O–H groups in total. The molecule has 0 heterocycles. The van der Waals surface area contributed by atoms with Crippen LogP contribution in [0.5, 0.6) is 0 Å². The van der Waals surface area contributed by atoms with Crippen LogP contribution in [-0.4, -0.2) is 0 Å². The molecule has 7 aromatic carbocycles. The Morgan fingerprint density at radius 3 is 1.48 bits per heavy atom. The first-order valence-corrected chi connectivity index (χ1v) is 14.5. The van der Waals surface area contributed by atoms with Crippen molar-refractivity contribution in [3.63, 3.8) is 0 Å². The van der Waals surface area contributed by atoms with E-state index < -0.39 is 5.41 Å². The molecule has 42 heavy (non-hydrogen) atoms. The van der Waals surface area contributed by atoms with Gasteiger partial charge >= 0.3 is 0 Å². The highest BCUT2D eigenvalue weighted by Crippen LogP contribution is 2.57. The van der Waals surface area contributed by atoms with Crippen molar-refractivity contribution in [1.82, 2.24) is 0 Å². The van der Waals surface area contributed by atoms with Crippen LogP contribution in [0.25, 0.3) is 33.0 Å². The SMILES string of the molecule is c1ccc(C2(c3ccccc3-c3ccccc3Nc3ccc4ccccc4c3)c3ccccc3-c3ccccc32)cc1. The second kappa shape index (κ2) is 9.90. The molecule has 0 aromatic heterocycles. The van der Waals surface area contributed by atoms with Gasteiger partial charge in [-0.3, -0.25) is 0 Å². The van der Waals surface area contributed by atoms with E-state index in [0.717, 1.165) is 11.4 Å². The molecule has 0 atom stereocenters. The Hall–Kier alpha value is -5.40. The number of hydrogen-bond donors (Lipinski definition) is 1. The summed E-state index contributed by atoms with van der Waals surface area (Å²) < 4.78 is 0. The van der Waals surface area contributed by atoms with Crippen molar-refractivity contribution in [1.29, 1.82) is 0 Å². The van der Waals surface area contributed by atoms with Crippen LogP contribution >= 0.6 is 0 Å². The van der Waals surface area contributed by atoms with E-state index in [0.29, 0.717) is 0 Å². The van der Waals surface area contributed by atoms with E-state index in [9.17, 15) is 0 Å². The summed E-state index contributed by atoms with van der Waals surface area (Å²) in [6.07, 6.45) is 0. The van der Waals surface area contributed by atoms with Gasteiger partial charge in [-0.1, -0.05) is 152 Å². The lowest BCUT2D eigenvalue weighted by Crippen LogP contribution is -2.29. The molecule has 0 saturated carbocycles. The van der Waals surface area contributed by atoms with Crippen molar-refractivity contribution in [2.45, 2.75) is 5.41 Å². The van der Waals surface area contributed by atoms with E-state index >= 15 is 0 Å².